The van der Waals surface area contributed by atoms with Gasteiger partial charge in [0.2, 0.25) is 0 Å². The minimum atomic E-state index is -1.34. The predicted octanol–water partition coefficient (Wildman–Crippen LogP) is 4.55. The lowest BCUT2D eigenvalue weighted by atomic mass is 9.81. The number of carboxylic acid groups (broad SMARTS) is 1. The van der Waals surface area contributed by atoms with Gasteiger partial charge in [0.1, 0.15) is 11.6 Å². The molecule has 194 valence electrons. The molecule has 2 heterocycles. The van der Waals surface area contributed by atoms with Gasteiger partial charge in [0.15, 0.2) is 11.6 Å². The van der Waals surface area contributed by atoms with E-state index in [9.17, 15) is 28.2 Å². The SMILES string of the molecule is COc1ccc2nccc([C@H](O)CC[C@@H]3CCN(CC#Cc4c(F)ccc(F)c4F)C[C@@H]3C(=O)O)c2c1. The number of fused-ring (bicyclic) bond motifs is 1. The fourth-order valence-electron chi connectivity index (χ4n) is 4.81. The first-order valence-corrected chi connectivity index (χ1v) is 12.0. The number of aliphatic hydroxyl groups excluding tert-OH is 1. The first kappa shape index (κ1) is 26.5. The Labute approximate surface area is 212 Å². The standard InChI is InChI=1S/C28H27F3N2O4/c1-37-18-5-8-25-21(15-18)19(10-12-32-25)26(34)9-4-17-11-14-33(16-22(17)28(35)36)13-2-3-20-23(29)6-7-24(30)27(20)31/h5-8,10,12,15,17,22,26,34H,4,9,11,13-14,16H2,1H3,(H,35,36)/t17-,22+,26-/m1/s1. The van der Waals surface area contributed by atoms with Gasteiger partial charge in [-0.25, -0.2) is 13.2 Å². The lowest BCUT2D eigenvalue weighted by Crippen LogP contribution is -2.44. The summed E-state index contributed by atoms with van der Waals surface area (Å²) in [5, 5.41) is 21.6. The molecule has 0 unspecified atom stereocenters. The zero-order valence-corrected chi connectivity index (χ0v) is 20.3. The Morgan fingerprint density at radius 1 is 1.22 bits per heavy atom. The van der Waals surface area contributed by atoms with E-state index in [2.05, 4.69) is 16.8 Å². The smallest absolute Gasteiger partial charge is 0.308 e. The van der Waals surface area contributed by atoms with Gasteiger partial charge in [0.05, 0.1) is 36.8 Å². The molecule has 0 aliphatic carbocycles. The summed E-state index contributed by atoms with van der Waals surface area (Å²) in [4.78, 5) is 18.1. The molecule has 1 fully saturated rings. The molecule has 6 nitrogen and oxygen atoms in total. The Morgan fingerprint density at radius 3 is 2.76 bits per heavy atom. The summed E-state index contributed by atoms with van der Waals surface area (Å²) >= 11 is 0. The van der Waals surface area contributed by atoms with Crippen molar-refractivity contribution in [2.75, 3.05) is 26.7 Å². The summed E-state index contributed by atoms with van der Waals surface area (Å²) in [6.45, 7) is 0.857. The van der Waals surface area contributed by atoms with Crippen molar-refractivity contribution in [3.8, 4) is 17.6 Å². The van der Waals surface area contributed by atoms with Crippen molar-refractivity contribution in [2.24, 2.45) is 11.8 Å². The van der Waals surface area contributed by atoms with Gasteiger partial charge in [0.25, 0.3) is 0 Å². The van der Waals surface area contributed by atoms with Crippen LogP contribution in [0.4, 0.5) is 13.2 Å². The molecule has 1 saturated heterocycles. The van der Waals surface area contributed by atoms with Crippen LogP contribution in [0.25, 0.3) is 10.9 Å². The van der Waals surface area contributed by atoms with Gasteiger partial charge >= 0.3 is 5.97 Å². The van der Waals surface area contributed by atoms with E-state index in [4.69, 9.17) is 4.74 Å². The zero-order chi connectivity index (χ0) is 26.5. The maximum Gasteiger partial charge on any atom is 0.308 e. The molecule has 0 radical (unpaired) electrons. The second-order valence-electron chi connectivity index (χ2n) is 9.12. The van der Waals surface area contributed by atoms with Crippen LogP contribution in [0.2, 0.25) is 0 Å². The quantitative estimate of drug-likeness (QED) is 0.357. The van der Waals surface area contributed by atoms with Crippen LogP contribution in [0, 0.1) is 41.1 Å². The molecule has 1 aromatic heterocycles. The van der Waals surface area contributed by atoms with E-state index in [1.807, 2.05) is 12.1 Å². The molecule has 0 saturated carbocycles. The van der Waals surface area contributed by atoms with Crippen LogP contribution in [0.15, 0.2) is 42.6 Å². The van der Waals surface area contributed by atoms with Crippen LogP contribution in [0.3, 0.4) is 0 Å². The summed E-state index contributed by atoms with van der Waals surface area (Å²) in [5.41, 5.74) is 0.799. The second-order valence-corrected chi connectivity index (χ2v) is 9.12. The van der Waals surface area contributed by atoms with Gasteiger partial charge in [-0.15, -0.1) is 0 Å². The largest absolute Gasteiger partial charge is 0.497 e. The number of hydrogen-bond donors (Lipinski definition) is 2. The maximum absolute atomic E-state index is 13.8. The molecule has 0 amide bonds. The highest BCUT2D eigenvalue weighted by molar-refractivity contribution is 5.83. The van der Waals surface area contributed by atoms with Crippen LogP contribution in [0.1, 0.15) is 36.5 Å². The minimum absolute atomic E-state index is 0.0966. The number of aliphatic carboxylic acids is 1. The van der Waals surface area contributed by atoms with E-state index in [0.717, 1.165) is 17.0 Å². The molecule has 1 aliphatic heterocycles. The summed E-state index contributed by atoms with van der Waals surface area (Å²) in [7, 11) is 1.57. The van der Waals surface area contributed by atoms with Gasteiger partial charge in [-0.05, 0) is 73.7 Å². The number of benzene rings is 2. The molecule has 0 spiro atoms. The Balaban J connectivity index is 1.39. The molecule has 2 N–H and O–H groups in total. The molecule has 3 atom stereocenters. The molecule has 3 aromatic rings. The third-order valence-corrected chi connectivity index (χ3v) is 6.87. The summed E-state index contributed by atoms with van der Waals surface area (Å²) < 4.78 is 46.2. The molecule has 0 bridgehead atoms. The lowest BCUT2D eigenvalue weighted by molar-refractivity contribution is -0.146. The van der Waals surface area contributed by atoms with Crippen LogP contribution in [0.5, 0.6) is 5.75 Å². The van der Waals surface area contributed by atoms with Crippen LogP contribution < -0.4 is 4.74 Å². The topological polar surface area (TPSA) is 82.9 Å². The highest BCUT2D eigenvalue weighted by atomic mass is 19.2. The molecule has 37 heavy (non-hydrogen) atoms. The number of rotatable bonds is 7. The van der Waals surface area contributed by atoms with Crippen molar-refractivity contribution in [1.29, 1.82) is 0 Å². The van der Waals surface area contributed by atoms with Crippen molar-refractivity contribution >= 4 is 16.9 Å². The predicted molar refractivity (Wildman–Crippen MR) is 131 cm³/mol. The highest BCUT2D eigenvalue weighted by Crippen LogP contribution is 2.33. The second kappa shape index (κ2) is 11.6. The number of aliphatic hydroxyl groups is 1. The number of ether oxygens (including phenoxy) is 1. The fraction of sp³-hybridized carbons (Fsp3) is 0.357. The molecular weight excluding hydrogens is 485 g/mol. The van der Waals surface area contributed by atoms with Crippen molar-refractivity contribution in [3.63, 3.8) is 0 Å². The average Bonchev–Trinajstić information content (AvgIpc) is 2.90. The summed E-state index contributed by atoms with van der Waals surface area (Å²) in [5.74, 6) is 0.359. The Kier molecular flexibility index (Phi) is 8.31. The number of halogens is 3. The number of piperidine rings is 1. The average molecular weight is 513 g/mol. The maximum atomic E-state index is 13.8. The van der Waals surface area contributed by atoms with Gasteiger partial charge in [0, 0.05) is 18.1 Å². The number of methoxy groups -OCH3 is 1. The van der Waals surface area contributed by atoms with E-state index in [1.165, 1.54) is 0 Å². The van der Waals surface area contributed by atoms with Crippen LogP contribution >= 0.6 is 0 Å². The zero-order valence-electron chi connectivity index (χ0n) is 20.3. The molecular formula is C28H27F3N2O4. The Bertz CT molecular complexity index is 1350. The number of carbonyl (C=O) groups is 1. The lowest BCUT2D eigenvalue weighted by Gasteiger charge is -2.36. The highest BCUT2D eigenvalue weighted by Gasteiger charge is 2.34. The minimum Gasteiger partial charge on any atom is -0.497 e. The number of hydrogen-bond acceptors (Lipinski definition) is 5. The molecule has 4 rings (SSSR count). The van der Waals surface area contributed by atoms with Crippen LogP contribution in [-0.2, 0) is 4.79 Å². The van der Waals surface area contributed by atoms with E-state index in [1.54, 1.807) is 30.3 Å². The number of aromatic nitrogens is 1. The van der Waals surface area contributed by atoms with Gasteiger partial charge in [-0.1, -0.05) is 11.8 Å². The van der Waals surface area contributed by atoms with Crippen molar-refractivity contribution < 1.29 is 32.9 Å². The van der Waals surface area contributed by atoms with E-state index in [-0.39, 0.29) is 19.0 Å². The van der Waals surface area contributed by atoms with Crippen molar-refractivity contribution in [1.82, 2.24) is 9.88 Å². The first-order chi connectivity index (χ1) is 17.8. The van der Waals surface area contributed by atoms with Gasteiger partial charge in [-0.2, -0.15) is 0 Å². The Hall–Kier alpha value is -3.61. The van der Waals surface area contributed by atoms with E-state index in [0.29, 0.717) is 43.2 Å². The first-order valence-electron chi connectivity index (χ1n) is 12.0. The van der Waals surface area contributed by atoms with Crippen LogP contribution in [-0.4, -0.2) is 52.8 Å². The van der Waals surface area contributed by atoms with Gasteiger partial charge < -0.3 is 14.9 Å². The third-order valence-electron chi connectivity index (χ3n) is 6.87. The monoisotopic (exact) mass is 512 g/mol. The number of likely N-dealkylation sites (tertiary alicyclic amines) is 1. The molecule has 9 heteroatoms. The van der Waals surface area contributed by atoms with Crippen molar-refractivity contribution in [3.05, 3.63) is 71.2 Å². The number of pyridine rings is 1. The van der Waals surface area contributed by atoms with E-state index >= 15 is 0 Å². The summed E-state index contributed by atoms with van der Waals surface area (Å²) in [6, 6.07) is 8.71. The molecule has 2 aromatic carbocycles. The number of nitrogens with zero attached hydrogens (tertiary/aromatic N) is 2. The van der Waals surface area contributed by atoms with E-state index < -0.39 is 41.0 Å². The summed E-state index contributed by atoms with van der Waals surface area (Å²) in [6.07, 6.45) is 2.29. The van der Waals surface area contributed by atoms with Crippen molar-refractivity contribution in [2.45, 2.75) is 25.4 Å². The number of carboxylic acids is 1. The fourth-order valence-corrected chi connectivity index (χ4v) is 4.81. The molecule has 1 aliphatic rings. The third kappa shape index (κ3) is 6.04. The normalized spacial score (nSPS) is 18.7. The van der Waals surface area contributed by atoms with Gasteiger partial charge in [-0.3, -0.25) is 14.7 Å². The Morgan fingerprint density at radius 2 is 2.00 bits per heavy atom.